The Kier molecular flexibility index (Phi) is 6.38. The van der Waals surface area contributed by atoms with E-state index >= 15 is 0 Å². The Morgan fingerprint density at radius 1 is 0.974 bits per heavy atom. The number of nitrogens with one attached hydrogen (secondary N) is 2. The fourth-order valence-electron chi connectivity index (χ4n) is 4.92. The third-order valence-electron chi connectivity index (χ3n) is 6.36. The number of para-hydroxylation sites is 1. The van der Waals surface area contributed by atoms with Crippen LogP contribution in [0.2, 0.25) is 0 Å². The van der Waals surface area contributed by atoms with Crippen molar-refractivity contribution in [2.75, 3.05) is 11.2 Å². The van der Waals surface area contributed by atoms with Crippen molar-refractivity contribution in [3.63, 3.8) is 0 Å². The van der Waals surface area contributed by atoms with Crippen LogP contribution in [0.25, 0.3) is 10.9 Å². The number of H-pyrrole nitrogens is 1. The number of carbonyl (C=O) groups excluding carboxylic acids is 2. The van der Waals surface area contributed by atoms with Crippen LogP contribution >= 0.6 is 0 Å². The maximum absolute atomic E-state index is 14.6. The van der Waals surface area contributed by atoms with Crippen LogP contribution in [0.15, 0.2) is 79.0 Å². The molecule has 9 nitrogen and oxygen atoms in total. The summed E-state index contributed by atoms with van der Waals surface area (Å²) in [4.78, 5) is 32.6. The van der Waals surface area contributed by atoms with Gasteiger partial charge < -0.3 is 18.8 Å². The van der Waals surface area contributed by atoms with Crippen LogP contribution in [-0.4, -0.2) is 37.3 Å². The number of nitrogens with zero attached hydrogens (tertiary/aromatic N) is 1. The van der Waals surface area contributed by atoms with Crippen molar-refractivity contribution < 1.29 is 26.9 Å². The van der Waals surface area contributed by atoms with E-state index in [1.807, 2.05) is 30.3 Å². The largest absolute Gasteiger partial charge is 0.444 e. The minimum atomic E-state index is -4.02. The monoisotopic (exact) mass is 547 g/mol. The van der Waals surface area contributed by atoms with E-state index in [2.05, 4.69) is 10.3 Å². The molecule has 0 bridgehead atoms. The molecule has 202 valence electrons. The Bertz CT molecular complexity index is 1670. The first kappa shape index (κ1) is 26.3. The minimum absolute atomic E-state index is 0.0583. The first-order valence-electron chi connectivity index (χ1n) is 12.4. The highest BCUT2D eigenvalue weighted by Crippen LogP contribution is 2.49. The number of rotatable bonds is 6. The third-order valence-corrected chi connectivity index (χ3v) is 6.83. The summed E-state index contributed by atoms with van der Waals surface area (Å²) in [7, 11) is -4.02. The summed E-state index contributed by atoms with van der Waals surface area (Å²) in [6.45, 7) is 5.38. The van der Waals surface area contributed by atoms with Gasteiger partial charge in [-0.3, -0.25) is 10.1 Å². The van der Waals surface area contributed by atoms with Crippen molar-refractivity contribution in [1.82, 2.24) is 10.3 Å². The van der Waals surface area contributed by atoms with Gasteiger partial charge in [-0.25, -0.2) is 4.79 Å². The standard InChI is InChI=1S/C29H29N3O6S/c1-28(2,3)37-27(34)31-29(22-14-15-23-20(16-17-30-23)25(22)38-39(4,35)36)21-12-8-9-13-24(21)32(26(29)33)18-19-10-6-5-7-11-19/h5-17,30H,18H2,1-4H3,(H,31,34)/t29-/m1/s1. The lowest BCUT2D eigenvalue weighted by atomic mass is 9.82. The molecule has 1 atom stereocenters. The van der Waals surface area contributed by atoms with Crippen LogP contribution in [0.3, 0.4) is 0 Å². The summed E-state index contributed by atoms with van der Waals surface area (Å²) < 4.78 is 36.0. The van der Waals surface area contributed by atoms with E-state index < -0.39 is 33.3 Å². The topological polar surface area (TPSA) is 118 Å². The van der Waals surface area contributed by atoms with Crippen LogP contribution in [0, 0.1) is 0 Å². The smallest absolute Gasteiger partial charge is 0.409 e. The molecule has 0 aliphatic carbocycles. The number of carbonyl (C=O) groups is 2. The fourth-order valence-corrected chi connectivity index (χ4v) is 5.41. The summed E-state index contributed by atoms with van der Waals surface area (Å²) in [6.07, 6.45) is 1.73. The number of aromatic amines is 1. The second-order valence-corrected chi connectivity index (χ2v) is 12.0. The molecule has 10 heteroatoms. The molecule has 1 aliphatic rings. The van der Waals surface area contributed by atoms with Gasteiger partial charge in [0.05, 0.1) is 18.5 Å². The summed E-state index contributed by atoms with van der Waals surface area (Å²) in [5.41, 5.74) is -0.0237. The van der Waals surface area contributed by atoms with E-state index in [9.17, 15) is 18.0 Å². The molecule has 0 radical (unpaired) electrons. The molecule has 2 N–H and O–H groups in total. The van der Waals surface area contributed by atoms with Gasteiger partial charge in [0.25, 0.3) is 5.91 Å². The van der Waals surface area contributed by atoms with Gasteiger partial charge in [0.2, 0.25) is 0 Å². The maximum Gasteiger partial charge on any atom is 0.409 e. The van der Waals surface area contributed by atoms with Gasteiger partial charge in [0.1, 0.15) is 5.60 Å². The van der Waals surface area contributed by atoms with E-state index in [0.717, 1.165) is 11.8 Å². The van der Waals surface area contributed by atoms with Gasteiger partial charge in [-0.15, -0.1) is 0 Å². The fraction of sp³-hybridized carbons (Fsp3) is 0.241. The number of amides is 2. The van der Waals surface area contributed by atoms with Crippen LogP contribution < -0.4 is 14.4 Å². The molecule has 0 spiro atoms. The number of fused-ring (bicyclic) bond motifs is 2. The first-order valence-corrected chi connectivity index (χ1v) is 14.2. The van der Waals surface area contributed by atoms with Gasteiger partial charge in [-0.2, -0.15) is 8.42 Å². The summed E-state index contributed by atoms with van der Waals surface area (Å²) in [5.74, 6) is -0.538. The predicted molar refractivity (Wildman–Crippen MR) is 148 cm³/mol. The number of hydrogen-bond donors (Lipinski definition) is 2. The quantitative estimate of drug-likeness (QED) is 0.334. The normalized spacial score (nSPS) is 17.2. The van der Waals surface area contributed by atoms with Crippen molar-refractivity contribution in [2.45, 2.75) is 38.5 Å². The molecule has 0 saturated carbocycles. The van der Waals surface area contributed by atoms with Crippen molar-refractivity contribution in [1.29, 1.82) is 0 Å². The lowest BCUT2D eigenvalue weighted by molar-refractivity contribution is -0.123. The number of aromatic nitrogens is 1. The van der Waals surface area contributed by atoms with E-state index in [4.69, 9.17) is 8.92 Å². The molecule has 1 aromatic heterocycles. The molecular weight excluding hydrogens is 518 g/mol. The summed E-state index contributed by atoms with van der Waals surface area (Å²) >= 11 is 0. The maximum atomic E-state index is 14.6. The highest BCUT2D eigenvalue weighted by Gasteiger charge is 2.55. The van der Waals surface area contributed by atoms with E-state index in [1.165, 1.54) is 0 Å². The molecule has 0 saturated heterocycles. The van der Waals surface area contributed by atoms with Crippen LogP contribution in [0.5, 0.6) is 5.75 Å². The number of hydrogen-bond acceptors (Lipinski definition) is 6. The molecule has 39 heavy (non-hydrogen) atoms. The zero-order valence-electron chi connectivity index (χ0n) is 22.0. The number of alkyl carbamates (subject to hydrolysis) is 1. The average Bonchev–Trinajstić information content (AvgIpc) is 3.42. The van der Waals surface area contributed by atoms with Crippen molar-refractivity contribution in [3.8, 4) is 5.75 Å². The van der Waals surface area contributed by atoms with E-state index in [-0.39, 0.29) is 17.9 Å². The van der Waals surface area contributed by atoms with Crippen LogP contribution in [0.4, 0.5) is 10.5 Å². The number of ether oxygens (including phenoxy) is 1. The molecule has 4 aromatic rings. The van der Waals surface area contributed by atoms with Crippen molar-refractivity contribution >= 4 is 38.7 Å². The number of benzene rings is 3. The van der Waals surface area contributed by atoms with Crippen LogP contribution in [0.1, 0.15) is 37.5 Å². The number of anilines is 1. The zero-order valence-corrected chi connectivity index (χ0v) is 22.8. The predicted octanol–water partition coefficient (Wildman–Crippen LogP) is 4.82. The Hall–Kier alpha value is -4.31. The highest BCUT2D eigenvalue weighted by atomic mass is 32.2. The molecule has 2 amide bonds. The Morgan fingerprint density at radius 3 is 2.36 bits per heavy atom. The summed E-state index contributed by atoms with van der Waals surface area (Å²) in [6, 6.07) is 21.5. The van der Waals surface area contributed by atoms with Crippen molar-refractivity contribution in [3.05, 3.63) is 95.7 Å². The van der Waals surface area contributed by atoms with Crippen molar-refractivity contribution in [2.24, 2.45) is 0 Å². The van der Waals surface area contributed by atoms with Gasteiger partial charge in [-0.1, -0.05) is 48.5 Å². The van der Waals surface area contributed by atoms with E-state index in [1.54, 1.807) is 74.3 Å². The van der Waals surface area contributed by atoms with E-state index in [0.29, 0.717) is 22.2 Å². The zero-order chi connectivity index (χ0) is 28.0. The van der Waals surface area contributed by atoms with Crippen LogP contribution in [-0.2, 0) is 31.7 Å². The molecule has 2 heterocycles. The second-order valence-electron chi connectivity index (χ2n) is 10.4. The molecule has 0 unspecified atom stereocenters. The van der Waals surface area contributed by atoms with Gasteiger partial charge >= 0.3 is 16.2 Å². The Labute approximate surface area is 226 Å². The highest BCUT2D eigenvalue weighted by molar-refractivity contribution is 7.86. The Morgan fingerprint density at radius 2 is 1.67 bits per heavy atom. The molecule has 0 fully saturated rings. The van der Waals surface area contributed by atoms with Gasteiger partial charge in [-0.05, 0) is 50.6 Å². The second kappa shape index (κ2) is 9.46. The minimum Gasteiger partial charge on any atom is -0.444 e. The lowest BCUT2D eigenvalue weighted by Crippen LogP contribution is -2.54. The third kappa shape index (κ3) is 4.95. The molecule has 1 aliphatic heterocycles. The van der Waals surface area contributed by atoms with Gasteiger partial charge in [0.15, 0.2) is 11.3 Å². The first-order chi connectivity index (χ1) is 18.4. The molecule has 5 rings (SSSR count). The summed E-state index contributed by atoms with van der Waals surface area (Å²) in [5, 5.41) is 3.27. The molecule has 3 aromatic carbocycles. The lowest BCUT2D eigenvalue weighted by Gasteiger charge is -2.33. The van der Waals surface area contributed by atoms with Gasteiger partial charge in [0, 0.05) is 28.2 Å². The SMILES string of the molecule is CC(C)(C)OC(=O)N[C@]1(c2ccc3[nH]ccc3c2OS(C)(=O)=O)C(=O)N(Cc2ccccc2)c2ccccc21. The average molecular weight is 548 g/mol. The Balaban J connectivity index is 1.78. The molecular formula is C29H29N3O6S.